The zero-order valence-corrected chi connectivity index (χ0v) is 15.8. The number of rotatable bonds is 3. The van der Waals surface area contributed by atoms with Gasteiger partial charge in [0.05, 0.1) is 12.7 Å². The van der Waals surface area contributed by atoms with Gasteiger partial charge in [0, 0.05) is 58.5 Å². The number of aliphatic imine (C=N–C) groups is 1. The lowest BCUT2D eigenvalue weighted by molar-refractivity contribution is -0.130. The van der Waals surface area contributed by atoms with E-state index in [1.165, 1.54) is 0 Å². The van der Waals surface area contributed by atoms with Crippen LogP contribution < -0.4 is 5.32 Å². The van der Waals surface area contributed by atoms with E-state index >= 15 is 0 Å². The standard InChI is InChI=1S/C14H24N6O.HI/c1-4-15-14(16-9-13-10-17-18(3)11-13)20-7-5-19(6-8-20)12(2)21;/h10-11H,4-9H2,1-3H3,(H,15,16);1H. The summed E-state index contributed by atoms with van der Waals surface area (Å²) < 4.78 is 1.78. The molecule has 8 heteroatoms. The van der Waals surface area contributed by atoms with Crippen LogP contribution >= 0.6 is 24.0 Å². The number of carbonyl (C=O) groups is 1. The third kappa shape index (κ3) is 5.15. The van der Waals surface area contributed by atoms with Gasteiger partial charge in [-0.2, -0.15) is 5.10 Å². The molecule has 0 bridgehead atoms. The first-order valence-corrected chi connectivity index (χ1v) is 7.36. The average Bonchev–Trinajstić information content (AvgIpc) is 2.89. The van der Waals surface area contributed by atoms with Crippen LogP contribution in [0.2, 0.25) is 0 Å². The normalized spacial score (nSPS) is 15.5. The molecule has 0 spiro atoms. The molecule has 1 aromatic heterocycles. The van der Waals surface area contributed by atoms with Crippen molar-refractivity contribution in [2.45, 2.75) is 20.4 Å². The molecule has 1 aliphatic rings. The molecule has 22 heavy (non-hydrogen) atoms. The van der Waals surface area contributed by atoms with E-state index in [0.717, 1.165) is 44.2 Å². The highest BCUT2D eigenvalue weighted by atomic mass is 127. The Hall–Kier alpha value is -1.32. The molecule has 0 radical (unpaired) electrons. The van der Waals surface area contributed by atoms with Crippen LogP contribution in [0.25, 0.3) is 0 Å². The van der Waals surface area contributed by atoms with E-state index in [1.54, 1.807) is 11.6 Å². The summed E-state index contributed by atoms with van der Waals surface area (Å²) >= 11 is 0. The fraction of sp³-hybridized carbons (Fsp3) is 0.643. The summed E-state index contributed by atoms with van der Waals surface area (Å²) in [5.74, 6) is 1.05. The Morgan fingerprint density at radius 1 is 1.32 bits per heavy atom. The van der Waals surface area contributed by atoms with Gasteiger partial charge in [-0.3, -0.25) is 9.48 Å². The predicted octanol–water partition coefficient (Wildman–Crippen LogP) is 0.668. The number of halogens is 1. The van der Waals surface area contributed by atoms with E-state index in [2.05, 4.69) is 27.2 Å². The van der Waals surface area contributed by atoms with Gasteiger partial charge in [0.1, 0.15) is 0 Å². The molecule has 0 aromatic carbocycles. The van der Waals surface area contributed by atoms with Crippen molar-refractivity contribution in [3.63, 3.8) is 0 Å². The smallest absolute Gasteiger partial charge is 0.219 e. The molecule has 7 nitrogen and oxygen atoms in total. The lowest BCUT2D eigenvalue weighted by Gasteiger charge is -2.36. The molecule has 0 saturated carbocycles. The number of guanidine groups is 1. The van der Waals surface area contributed by atoms with Crippen molar-refractivity contribution in [3.05, 3.63) is 18.0 Å². The molecule has 2 heterocycles. The molecule has 1 saturated heterocycles. The number of nitrogens with zero attached hydrogens (tertiary/aromatic N) is 5. The second-order valence-corrected chi connectivity index (χ2v) is 5.19. The summed E-state index contributed by atoms with van der Waals surface area (Å²) in [6.07, 6.45) is 3.81. The second-order valence-electron chi connectivity index (χ2n) is 5.19. The summed E-state index contributed by atoms with van der Waals surface area (Å²) in [6.45, 7) is 8.28. The van der Waals surface area contributed by atoms with Crippen molar-refractivity contribution < 1.29 is 4.79 Å². The molecule has 1 N–H and O–H groups in total. The highest BCUT2D eigenvalue weighted by molar-refractivity contribution is 14.0. The minimum atomic E-state index is 0. The van der Waals surface area contributed by atoms with Crippen LogP contribution in [0.15, 0.2) is 17.4 Å². The third-order valence-corrected chi connectivity index (χ3v) is 3.53. The summed E-state index contributed by atoms with van der Waals surface area (Å²) in [6, 6.07) is 0. The number of piperazine rings is 1. The summed E-state index contributed by atoms with van der Waals surface area (Å²) in [7, 11) is 1.90. The van der Waals surface area contributed by atoms with Gasteiger partial charge in [-0.15, -0.1) is 24.0 Å². The Morgan fingerprint density at radius 3 is 2.45 bits per heavy atom. The van der Waals surface area contributed by atoms with Crippen molar-refractivity contribution in [2.24, 2.45) is 12.0 Å². The van der Waals surface area contributed by atoms with Crippen LogP contribution in [-0.2, 0) is 18.4 Å². The molecular formula is C14H25IN6O. The van der Waals surface area contributed by atoms with Crippen molar-refractivity contribution in [1.82, 2.24) is 24.9 Å². The molecule has 0 aliphatic carbocycles. The van der Waals surface area contributed by atoms with Gasteiger partial charge in [-0.25, -0.2) is 4.99 Å². The van der Waals surface area contributed by atoms with Gasteiger partial charge < -0.3 is 15.1 Å². The number of hydrogen-bond acceptors (Lipinski definition) is 3. The first kappa shape index (κ1) is 18.7. The maximum absolute atomic E-state index is 11.4. The Balaban J connectivity index is 0.00000242. The summed E-state index contributed by atoms with van der Waals surface area (Å²) in [5.41, 5.74) is 1.09. The number of aryl methyl sites for hydroxylation is 1. The fourth-order valence-electron chi connectivity index (χ4n) is 2.38. The van der Waals surface area contributed by atoms with Gasteiger partial charge in [-0.1, -0.05) is 0 Å². The fourth-order valence-corrected chi connectivity index (χ4v) is 2.38. The van der Waals surface area contributed by atoms with E-state index in [9.17, 15) is 4.79 Å². The number of carbonyl (C=O) groups excluding carboxylic acids is 1. The third-order valence-electron chi connectivity index (χ3n) is 3.53. The number of aromatic nitrogens is 2. The second kappa shape index (κ2) is 8.96. The van der Waals surface area contributed by atoms with Crippen molar-refractivity contribution in [1.29, 1.82) is 0 Å². The summed E-state index contributed by atoms with van der Waals surface area (Å²) in [5, 5.41) is 7.47. The van der Waals surface area contributed by atoms with Crippen molar-refractivity contribution in [3.8, 4) is 0 Å². The average molecular weight is 420 g/mol. The van der Waals surface area contributed by atoms with Gasteiger partial charge in [0.15, 0.2) is 5.96 Å². The predicted molar refractivity (Wildman–Crippen MR) is 97.3 cm³/mol. The quantitative estimate of drug-likeness (QED) is 0.444. The lowest BCUT2D eigenvalue weighted by atomic mass is 10.3. The largest absolute Gasteiger partial charge is 0.357 e. The molecule has 1 amide bonds. The van der Waals surface area contributed by atoms with E-state index in [0.29, 0.717) is 6.54 Å². The van der Waals surface area contributed by atoms with Crippen LogP contribution in [0.4, 0.5) is 0 Å². The van der Waals surface area contributed by atoms with E-state index in [-0.39, 0.29) is 29.9 Å². The van der Waals surface area contributed by atoms with Gasteiger partial charge in [0.2, 0.25) is 5.91 Å². The SMILES string of the molecule is CCNC(=NCc1cnn(C)c1)N1CCN(C(C)=O)CC1.I. The van der Waals surface area contributed by atoms with Crippen LogP contribution in [0.5, 0.6) is 0 Å². The Kier molecular flexibility index (Phi) is 7.63. The molecule has 0 unspecified atom stereocenters. The van der Waals surface area contributed by atoms with Gasteiger partial charge in [0.25, 0.3) is 0 Å². The zero-order chi connectivity index (χ0) is 15.2. The van der Waals surface area contributed by atoms with Gasteiger partial charge >= 0.3 is 0 Å². The maximum Gasteiger partial charge on any atom is 0.219 e. The first-order valence-electron chi connectivity index (χ1n) is 7.36. The maximum atomic E-state index is 11.4. The molecule has 0 atom stereocenters. The summed E-state index contributed by atoms with van der Waals surface area (Å²) in [4.78, 5) is 20.1. The van der Waals surface area contributed by atoms with Crippen molar-refractivity contribution >= 4 is 35.8 Å². The first-order chi connectivity index (χ1) is 10.1. The van der Waals surface area contributed by atoms with Gasteiger partial charge in [-0.05, 0) is 6.92 Å². The minimum absolute atomic E-state index is 0. The van der Waals surface area contributed by atoms with Crippen LogP contribution in [-0.4, -0.2) is 64.2 Å². The van der Waals surface area contributed by atoms with Crippen LogP contribution in [0, 0.1) is 0 Å². The van der Waals surface area contributed by atoms with E-state index < -0.39 is 0 Å². The van der Waals surface area contributed by atoms with E-state index in [1.807, 2.05) is 24.3 Å². The molecular weight excluding hydrogens is 395 g/mol. The van der Waals surface area contributed by atoms with E-state index in [4.69, 9.17) is 0 Å². The number of amides is 1. The minimum Gasteiger partial charge on any atom is -0.357 e. The highest BCUT2D eigenvalue weighted by Crippen LogP contribution is 2.04. The molecule has 1 aliphatic heterocycles. The monoisotopic (exact) mass is 420 g/mol. The van der Waals surface area contributed by atoms with Crippen LogP contribution in [0.1, 0.15) is 19.4 Å². The molecule has 1 fully saturated rings. The lowest BCUT2D eigenvalue weighted by Crippen LogP contribution is -2.53. The number of hydrogen-bond donors (Lipinski definition) is 1. The highest BCUT2D eigenvalue weighted by Gasteiger charge is 2.20. The topological polar surface area (TPSA) is 65.8 Å². The van der Waals surface area contributed by atoms with Crippen LogP contribution in [0.3, 0.4) is 0 Å². The molecule has 124 valence electrons. The number of nitrogens with one attached hydrogen (secondary N) is 1. The van der Waals surface area contributed by atoms with Crippen molar-refractivity contribution in [2.75, 3.05) is 32.7 Å². The Bertz CT molecular complexity index is 507. The Morgan fingerprint density at radius 2 is 1.95 bits per heavy atom. The Labute approximate surface area is 148 Å². The molecule has 1 aromatic rings. The molecule has 2 rings (SSSR count). The zero-order valence-electron chi connectivity index (χ0n) is 13.4.